The summed E-state index contributed by atoms with van der Waals surface area (Å²) in [6, 6.07) is 7.16. The molecule has 1 fully saturated rings. The third-order valence-corrected chi connectivity index (χ3v) is 4.08. The minimum Gasteiger partial charge on any atom is -0.348 e. The number of hydrogen-bond donors (Lipinski definition) is 1. The lowest BCUT2D eigenvalue weighted by Crippen LogP contribution is -2.11. The number of hydrogen-bond acceptors (Lipinski definition) is 3. The fourth-order valence-electron chi connectivity index (χ4n) is 2.37. The average Bonchev–Trinajstić information content (AvgIpc) is 3.19. The van der Waals surface area contributed by atoms with Crippen LogP contribution in [0.1, 0.15) is 43.9 Å². The molecular formula is C16H18FN3. The van der Waals surface area contributed by atoms with Crippen LogP contribution in [0.25, 0.3) is 0 Å². The Kier molecular flexibility index (Phi) is 3.16. The molecule has 1 heterocycles. The van der Waals surface area contributed by atoms with Crippen LogP contribution in [0.3, 0.4) is 0 Å². The van der Waals surface area contributed by atoms with Crippen LogP contribution in [0.4, 0.5) is 10.3 Å². The quantitative estimate of drug-likeness (QED) is 0.918. The number of nitrogens with one attached hydrogen (secondary N) is 1. The number of rotatable bonds is 4. The van der Waals surface area contributed by atoms with Gasteiger partial charge in [-0.15, -0.1) is 0 Å². The van der Waals surface area contributed by atoms with Crippen molar-refractivity contribution in [3.8, 4) is 0 Å². The molecule has 0 amide bonds. The van der Waals surface area contributed by atoms with E-state index in [4.69, 9.17) is 0 Å². The van der Waals surface area contributed by atoms with Crippen molar-refractivity contribution in [3.05, 3.63) is 53.6 Å². The molecule has 0 radical (unpaired) electrons. The van der Waals surface area contributed by atoms with Crippen molar-refractivity contribution in [3.63, 3.8) is 0 Å². The maximum atomic E-state index is 14.3. The molecule has 1 saturated carbocycles. The molecule has 0 spiro atoms. The summed E-state index contributed by atoms with van der Waals surface area (Å²) in [7, 11) is 0. The van der Waals surface area contributed by atoms with Gasteiger partial charge in [0.2, 0.25) is 5.95 Å². The predicted octanol–water partition coefficient (Wildman–Crippen LogP) is 3.84. The van der Waals surface area contributed by atoms with Crippen molar-refractivity contribution >= 4 is 5.95 Å². The molecule has 3 rings (SSSR count). The fraction of sp³-hybridized carbons (Fsp3) is 0.375. The summed E-state index contributed by atoms with van der Waals surface area (Å²) in [4.78, 5) is 8.19. The predicted molar refractivity (Wildman–Crippen MR) is 77.1 cm³/mol. The van der Waals surface area contributed by atoms with E-state index in [-0.39, 0.29) is 17.3 Å². The molecule has 1 aliphatic rings. The molecule has 0 saturated heterocycles. The van der Waals surface area contributed by atoms with Gasteiger partial charge in [0.15, 0.2) is 0 Å². The van der Waals surface area contributed by atoms with E-state index < -0.39 is 0 Å². The Labute approximate surface area is 118 Å². The highest BCUT2D eigenvalue weighted by molar-refractivity contribution is 5.37. The first-order chi connectivity index (χ1) is 9.58. The van der Waals surface area contributed by atoms with Gasteiger partial charge in [-0.2, -0.15) is 0 Å². The fourth-order valence-corrected chi connectivity index (χ4v) is 2.37. The van der Waals surface area contributed by atoms with Crippen molar-refractivity contribution in [2.75, 3.05) is 5.32 Å². The molecule has 0 aliphatic heterocycles. The van der Waals surface area contributed by atoms with E-state index in [1.807, 2.05) is 19.1 Å². The monoisotopic (exact) mass is 271 g/mol. The minimum atomic E-state index is -0.168. The summed E-state index contributed by atoms with van der Waals surface area (Å²) < 4.78 is 14.3. The van der Waals surface area contributed by atoms with Crippen molar-refractivity contribution in [2.45, 2.75) is 38.1 Å². The van der Waals surface area contributed by atoms with Crippen molar-refractivity contribution in [2.24, 2.45) is 0 Å². The van der Waals surface area contributed by atoms with E-state index in [0.29, 0.717) is 11.5 Å². The Morgan fingerprint density at radius 3 is 2.55 bits per heavy atom. The molecule has 0 unspecified atom stereocenters. The zero-order chi connectivity index (χ0) is 14.2. The third-order valence-electron chi connectivity index (χ3n) is 4.08. The average molecular weight is 271 g/mol. The highest BCUT2D eigenvalue weighted by atomic mass is 19.1. The van der Waals surface area contributed by atoms with E-state index in [1.165, 1.54) is 0 Å². The second-order valence-corrected chi connectivity index (χ2v) is 5.74. The Balaban J connectivity index is 1.79. The van der Waals surface area contributed by atoms with Crippen LogP contribution in [0.2, 0.25) is 0 Å². The molecule has 104 valence electrons. The number of anilines is 1. The lowest BCUT2D eigenvalue weighted by molar-refractivity contribution is 0.593. The zero-order valence-electron chi connectivity index (χ0n) is 11.7. The standard InChI is InChI=1S/C16H18FN3/c1-11(20-15-18-8-3-9-19-15)13-5-4-12(10-14(13)17)16(2)6-7-16/h3-5,8-11H,6-7H2,1-2H3,(H,18,19,20)/t11-/m0/s1. The van der Waals surface area contributed by atoms with Crippen LogP contribution in [0, 0.1) is 5.82 Å². The van der Waals surface area contributed by atoms with Gasteiger partial charge in [0.1, 0.15) is 5.82 Å². The number of benzene rings is 1. The van der Waals surface area contributed by atoms with Crippen molar-refractivity contribution in [1.29, 1.82) is 0 Å². The van der Waals surface area contributed by atoms with E-state index in [2.05, 4.69) is 22.2 Å². The topological polar surface area (TPSA) is 37.8 Å². The van der Waals surface area contributed by atoms with Gasteiger partial charge in [-0.1, -0.05) is 19.1 Å². The number of aromatic nitrogens is 2. The summed E-state index contributed by atoms with van der Waals surface area (Å²) in [5, 5.41) is 3.11. The first-order valence-corrected chi connectivity index (χ1v) is 6.92. The van der Waals surface area contributed by atoms with E-state index in [9.17, 15) is 4.39 Å². The largest absolute Gasteiger partial charge is 0.348 e. The molecule has 2 aromatic rings. The van der Waals surface area contributed by atoms with Crippen LogP contribution >= 0.6 is 0 Å². The van der Waals surface area contributed by atoms with Gasteiger partial charge in [0.05, 0.1) is 6.04 Å². The Hall–Kier alpha value is -1.97. The summed E-state index contributed by atoms with van der Waals surface area (Å²) in [6.45, 7) is 4.09. The van der Waals surface area contributed by atoms with E-state index >= 15 is 0 Å². The molecule has 1 aromatic carbocycles. The van der Waals surface area contributed by atoms with Crippen molar-refractivity contribution < 1.29 is 4.39 Å². The molecule has 1 atom stereocenters. The Morgan fingerprint density at radius 1 is 1.25 bits per heavy atom. The summed E-state index contributed by atoms with van der Waals surface area (Å²) in [5.74, 6) is 0.351. The number of halogens is 1. The SMILES string of the molecule is C[C@H](Nc1ncccn1)c1ccc(C2(C)CC2)cc1F. The second kappa shape index (κ2) is 4.85. The molecule has 0 bridgehead atoms. The van der Waals surface area contributed by atoms with Gasteiger partial charge in [0, 0.05) is 18.0 Å². The van der Waals surface area contributed by atoms with Crippen molar-refractivity contribution in [1.82, 2.24) is 9.97 Å². The highest BCUT2D eigenvalue weighted by Gasteiger charge is 2.39. The molecular weight excluding hydrogens is 253 g/mol. The van der Waals surface area contributed by atoms with Crippen LogP contribution in [0.15, 0.2) is 36.7 Å². The lowest BCUT2D eigenvalue weighted by Gasteiger charge is -2.17. The number of nitrogens with zero attached hydrogens (tertiary/aromatic N) is 2. The second-order valence-electron chi connectivity index (χ2n) is 5.74. The molecule has 1 aromatic heterocycles. The maximum absolute atomic E-state index is 14.3. The molecule has 4 heteroatoms. The van der Waals surface area contributed by atoms with Crippen LogP contribution in [-0.2, 0) is 5.41 Å². The molecule has 1 aliphatic carbocycles. The van der Waals surface area contributed by atoms with E-state index in [1.54, 1.807) is 24.5 Å². The summed E-state index contributed by atoms with van der Waals surface area (Å²) in [6.07, 6.45) is 5.62. The van der Waals surface area contributed by atoms with Crippen LogP contribution in [-0.4, -0.2) is 9.97 Å². The van der Waals surface area contributed by atoms with Gasteiger partial charge in [-0.25, -0.2) is 14.4 Å². The maximum Gasteiger partial charge on any atom is 0.223 e. The molecule has 20 heavy (non-hydrogen) atoms. The summed E-state index contributed by atoms with van der Waals surface area (Å²) in [5.41, 5.74) is 1.94. The smallest absolute Gasteiger partial charge is 0.223 e. The third kappa shape index (κ3) is 2.50. The summed E-state index contributed by atoms with van der Waals surface area (Å²) >= 11 is 0. The first kappa shape index (κ1) is 13.0. The van der Waals surface area contributed by atoms with Gasteiger partial charge in [-0.3, -0.25) is 0 Å². The van der Waals surface area contributed by atoms with Gasteiger partial charge in [-0.05, 0) is 42.9 Å². The molecule has 1 N–H and O–H groups in total. The van der Waals surface area contributed by atoms with E-state index in [0.717, 1.165) is 18.4 Å². The van der Waals surface area contributed by atoms with Gasteiger partial charge < -0.3 is 5.32 Å². The normalized spacial score (nSPS) is 17.6. The highest BCUT2D eigenvalue weighted by Crippen LogP contribution is 2.47. The van der Waals surface area contributed by atoms with Crippen LogP contribution in [0.5, 0.6) is 0 Å². The first-order valence-electron chi connectivity index (χ1n) is 6.92. The lowest BCUT2D eigenvalue weighted by atomic mass is 9.95. The zero-order valence-corrected chi connectivity index (χ0v) is 11.7. The van der Waals surface area contributed by atoms with Gasteiger partial charge in [0.25, 0.3) is 0 Å². The molecule has 3 nitrogen and oxygen atoms in total. The Bertz CT molecular complexity index is 608. The minimum absolute atomic E-state index is 0.161. The van der Waals surface area contributed by atoms with Crippen LogP contribution < -0.4 is 5.32 Å². The van der Waals surface area contributed by atoms with Gasteiger partial charge >= 0.3 is 0 Å². The Morgan fingerprint density at radius 2 is 1.95 bits per heavy atom.